The standard InChI is InChI=1S/C22H17BrClNO6S/c1-3-31-22(29)17-19(27)16(10-11-8-13(23)18(26)15(9-11)30-2)32-21(17)25-20(28)12-6-4-5-7-14(12)24/h4-10,26-27H,3H2,1-2H3/b16-10-,25-21?. The number of thioether (sulfide) groups is 1. The van der Waals surface area contributed by atoms with Crippen molar-refractivity contribution in [3.05, 3.63) is 73.3 Å². The zero-order chi connectivity index (χ0) is 23.4. The third-order valence-electron chi connectivity index (χ3n) is 4.25. The van der Waals surface area contributed by atoms with Gasteiger partial charge in [0, 0.05) is 0 Å². The van der Waals surface area contributed by atoms with Crippen molar-refractivity contribution in [2.45, 2.75) is 6.92 Å². The summed E-state index contributed by atoms with van der Waals surface area (Å²) in [6.07, 6.45) is 1.56. The maximum Gasteiger partial charge on any atom is 0.344 e. The number of aromatic hydroxyl groups is 1. The number of aliphatic imine (C=N–C) groups is 1. The van der Waals surface area contributed by atoms with Gasteiger partial charge in [-0.3, -0.25) is 4.79 Å². The number of aliphatic hydroxyl groups excluding tert-OH is 1. The molecule has 1 heterocycles. The molecule has 166 valence electrons. The summed E-state index contributed by atoms with van der Waals surface area (Å²) in [4.78, 5) is 29.4. The maximum absolute atomic E-state index is 12.7. The number of phenols is 1. The molecule has 0 spiro atoms. The van der Waals surface area contributed by atoms with Gasteiger partial charge in [-0.05, 0) is 58.8 Å². The molecule has 1 aliphatic rings. The molecular weight excluding hydrogens is 522 g/mol. The van der Waals surface area contributed by atoms with Crippen molar-refractivity contribution in [3.8, 4) is 11.5 Å². The molecule has 32 heavy (non-hydrogen) atoms. The van der Waals surface area contributed by atoms with E-state index in [4.69, 9.17) is 21.1 Å². The lowest BCUT2D eigenvalue weighted by molar-refractivity contribution is -0.138. The monoisotopic (exact) mass is 537 g/mol. The fourth-order valence-corrected chi connectivity index (χ4v) is 4.45. The van der Waals surface area contributed by atoms with Gasteiger partial charge in [0.2, 0.25) is 0 Å². The van der Waals surface area contributed by atoms with Gasteiger partial charge >= 0.3 is 5.97 Å². The smallest absolute Gasteiger partial charge is 0.344 e. The predicted molar refractivity (Wildman–Crippen MR) is 127 cm³/mol. The molecule has 7 nitrogen and oxygen atoms in total. The van der Waals surface area contributed by atoms with Crippen LogP contribution in [0.1, 0.15) is 22.8 Å². The first kappa shape index (κ1) is 23.9. The SMILES string of the molecule is CCOC(=O)C1=C(O)/C(=C/c2cc(Br)c(O)c(OC)c2)SC1=NC(=O)c1ccccc1Cl. The van der Waals surface area contributed by atoms with Crippen molar-refractivity contribution >= 4 is 62.3 Å². The lowest BCUT2D eigenvalue weighted by Gasteiger charge is -2.07. The molecule has 2 aromatic carbocycles. The minimum Gasteiger partial charge on any atom is -0.506 e. The van der Waals surface area contributed by atoms with E-state index >= 15 is 0 Å². The van der Waals surface area contributed by atoms with E-state index in [1.54, 1.807) is 43.3 Å². The second kappa shape index (κ2) is 10.2. The van der Waals surface area contributed by atoms with Gasteiger partial charge in [0.1, 0.15) is 16.4 Å². The van der Waals surface area contributed by atoms with Crippen molar-refractivity contribution in [1.29, 1.82) is 0 Å². The number of nitrogens with zero attached hydrogens (tertiary/aromatic N) is 1. The van der Waals surface area contributed by atoms with Crippen LogP contribution < -0.4 is 4.74 Å². The number of rotatable bonds is 5. The molecule has 3 rings (SSSR count). The first-order valence-corrected chi connectivity index (χ1v) is 11.2. The van der Waals surface area contributed by atoms with E-state index in [2.05, 4.69) is 20.9 Å². The summed E-state index contributed by atoms with van der Waals surface area (Å²) in [6, 6.07) is 9.54. The maximum atomic E-state index is 12.7. The van der Waals surface area contributed by atoms with Crippen molar-refractivity contribution in [2.75, 3.05) is 13.7 Å². The Morgan fingerprint density at radius 1 is 1.25 bits per heavy atom. The minimum absolute atomic E-state index is 0.0121. The molecule has 0 aliphatic carbocycles. The number of halogens is 2. The van der Waals surface area contributed by atoms with E-state index in [1.807, 2.05) is 0 Å². The Morgan fingerprint density at radius 3 is 2.62 bits per heavy atom. The Balaban J connectivity index is 2.07. The van der Waals surface area contributed by atoms with Crippen molar-refractivity contribution < 1.29 is 29.3 Å². The lowest BCUT2D eigenvalue weighted by Crippen LogP contribution is -2.14. The van der Waals surface area contributed by atoms with Gasteiger partial charge in [0.25, 0.3) is 5.91 Å². The second-order valence-electron chi connectivity index (χ2n) is 6.31. The molecular formula is C22H17BrClNO6S. The Morgan fingerprint density at radius 2 is 1.97 bits per heavy atom. The number of carbonyl (C=O) groups is 2. The fraction of sp³-hybridized carbons (Fsp3) is 0.136. The summed E-state index contributed by atoms with van der Waals surface area (Å²) < 4.78 is 10.5. The number of benzene rings is 2. The fourth-order valence-electron chi connectivity index (χ4n) is 2.76. The molecule has 10 heteroatoms. The highest BCUT2D eigenvalue weighted by Gasteiger charge is 2.34. The number of esters is 1. The first-order chi connectivity index (χ1) is 15.3. The minimum atomic E-state index is -0.809. The first-order valence-electron chi connectivity index (χ1n) is 9.21. The highest BCUT2D eigenvalue weighted by Crippen LogP contribution is 2.41. The van der Waals surface area contributed by atoms with Gasteiger partial charge in [0.15, 0.2) is 11.5 Å². The van der Waals surface area contributed by atoms with Crippen LogP contribution in [-0.2, 0) is 9.53 Å². The summed E-state index contributed by atoms with van der Waals surface area (Å²) in [5.41, 5.74) is 0.505. The van der Waals surface area contributed by atoms with E-state index in [-0.39, 0.29) is 50.0 Å². The lowest BCUT2D eigenvalue weighted by atomic mass is 10.1. The predicted octanol–water partition coefficient (Wildman–Crippen LogP) is 5.52. The zero-order valence-corrected chi connectivity index (χ0v) is 20.0. The third-order valence-corrected chi connectivity index (χ3v) is 6.20. The van der Waals surface area contributed by atoms with E-state index in [1.165, 1.54) is 13.2 Å². The van der Waals surface area contributed by atoms with Crippen LogP contribution in [0.15, 0.2) is 62.1 Å². The Kier molecular flexibility index (Phi) is 7.65. The van der Waals surface area contributed by atoms with Crippen LogP contribution >= 0.6 is 39.3 Å². The van der Waals surface area contributed by atoms with Crippen LogP contribution in [0.3, 0.4) is 0 Å². The normalized spacial score (nSPS) is 16.0. The quantitative estimate of drug-likeness (QED) is 0.483. The molecule has 0 atom stereocenters. The molecule has 0 unspecified atom stereocenters. The van der Waals surface area contributed by atoms with Gasteiger partial charge in [-0.15, -0.1) is 0 Å². The summed E-state index contributed by atoms with van der Waals surface area (Å²) in [5.74, 6) is -1.71. The number of amides is 1. The Labute approximate surface area is 201 Å². The number of methoxy groups -OCH3 is 1. The topological polar surface area (TPSA) is 105 Å². The molecule has 0 saturated heterocycles. The number of ether oxygens (including phenoxy) is 2. The molecule has 0 saturated carbocycles. The number of hydrogen-bond acceptors (Lipinski definition) is 7. The Bertz CT molecular complexity index is 1190. The van der Waals surface area contributed by atoms with Crippen molar-refractivity contribution in [2.24, 2.45) is 4.99 Å². The largest absolute Gasteiger partial charge is 0.506 e. The number of carbonyl (C=O) groups excluding carboxylic acids is 2. The number of aliphatic hydroxyl groups is 1. The number of phenolic OH excluding ortho intramolecular Hbond substituents is 1. The Hall–Kier alpha value is -2.75. The van der Waals surface area contributed by atoms with Gasteiger partial charge < -0.3 is 19.7 Å². The third kappa shape index (κ3) is 5.01. The molecule has 0 bridgehead atoms. The van der Waals surface area contributed by atoms with Crippen LogP contribution in [0.4, 0.5) is 0 Å². The van der Waals surface area contributed by atoms with Gasteiger partial charge in [-0.2, -0.15) is 0 Å². The van der Waals surface area contributed by atoms with Crippen LogP contribution in [0, 0.1) is 0 Å². The van der Waals surface area contributed by atoms with Crippen LogP contribution in [-0.4, -0.2) is 40.8 Å². The van der Waals surface area contributed by atoms with E-state index in [0.717, 1.165) is 11.8 Å². The average molecular weight is 539 g/mol. The van der Waals surface area contributed by atoms with Gasteiger partial charge in [0.05, 0.1) is 33.7 Å². The molecule has 0 aromatic heterocycles. The molecule has 1 amide bonds. The zero-order valence-electron chi connectivity index (χ0n) is 16.9. The molecule has 0 fully saturated rings. The van der Waals surface area contributed by atoms with E-state index in [9.17, 15) is 19.8 Å². The molecule has 1 aliphatic heterocycles. The van der Waals surface area contributed by atoms with Crippen LogP contribution in [0.5, 0.6) is 11.5 Å². The highest BCUT2D eigenvalue weighted by atomic mass is 79.9. The summed E-state index contributed by atoms with van der Waals surface area (Å²) in [5, 5.41) is 20.9. The summed E-state index contributed by atoms with van der Waals surface area (Å²) >= 11 is 10.2. The van der Waals surface area contributed by atoms with Crippen molar-refractivity contribution in [3.63, 3.8) is 0 Å². The van der Waals surface area contributed by atoms with E-state index < -0.39 is 11.9 Å². The molecule has 0 radical (unpaired) electrons. The van der Waals surface area contributed by atoms with Crippen LogP contribution in [0.2, 0.25) is 5.02 Å². The molecule has 2 aromatic rings. The van der Waals surface area contributed by atoms with E-state index in [0.29, 0.717) is 10.0 Å². The van der Waals surface area contributed by atoms with Crippen molar-refractivity contribution in [1.82, 2.24) is 0 Å². The number of hydrogen-bond donors (Lipinski definition) is 2. The van der Waals surface area contributed by atoms with Crippen LogP contribution in [0.25, 0.3) is 6.08 Å². The highest BCUT2D eigenvalue weighted by molar-refractivity contribution is 9.10. The van der Waals surface area contributed by atoms with Gasteiger partial charge in [-0.25, -0.2) is 9.79 Å². The molecule has 2 N–H and O–H groups in total. The second-order valence-corrected chi connectivity index (χ2v) is 8.60. The average Bonchev–Trinajstić information content (AvgIpc) is 3.05. The summed E-state index contributed by atoms with van der Waals surface area (Å²) in [6.45, 7) is 1.70. The van der Waals surface area contributed by atoms with Gasteiger partial charge in [-0.1, -0.05) is 35.5 Å². The summed E-state index contributed by atoms with van der Waals surface area (Å²) in [7, 11) is 1.41.